The lowest BCUT2D eigenvalue weighted by Gasteiger charge is -2.17. The fourth-order valence-electron chi connectivity index (χ4n) is 2.02. The highest BCUT2D eigenvalue weighted by molar-refractivity contribution is 6.06. The van der Waals surface area contributed by atoms with Gasteiger partial charge in [0.2, 0.25) is 0 Å². The highest BCUT2D eigenvalue weighted by Crippen LogP contribution is 2.21. The number of carbonyl (C=O) groups is 2. The van der Waals surface area contributed by atoms with Crippen LogP contribution in [0.2, 0.25) is 0 Å². The van der Waals surface area contributed by atoms with E-state index in [0.29, 0.717) is 5.82 Å². The highest BCUT2D eigenvalue weighted by Gasteiger charge is 2.44. The van der Waals surface area contributed by atoms with E-state index in [1.165, 1.54) is 4.90 Å². The Bertz CT molecular complexity index is 513. The summed E-state index contributed by atoms with van der Waals surface area (Å²) in [6, 6.07) is 3.29. The second-order valence-corrected chi connectivity index (χ2v) is 4.99. The molecule has 0 bridgehead atoms. The molecule has 19 heavy (non-hydrogen) atoms. The molecule has 1 aromatic rings. The van der Waals surface area contributed by atoms with Crippen LogP contribution in [-0.4, -0.2) is 33.9 Å². The van der Waals surface area contributed by atoms with Crippen LogP contribution in [0.15, 0.2) is 18.3 Å². The maximum atomic E-state index is 12.1. The van der Waals surface area contributed by atoms with Crippen molar-refractivity contribution in [1.82, 2.24) is 15.2 Å². The molecule has 102 valence electrons. The quantitative estimate of drug-likeness (QED) is 0.803. The number of hydrogen-bond acceptors (Lipinski definition) is 4. The Morgan fingerprint density at radius 1 is 1.42 bits per heavy atom. The van der Waals surface area contributed by atoms with Gasteiger partial charge in [0.25, 0.3) is 5.91 Å². The number of hydrogen-bond donors (Lipinski definition) is 2. The van der Waals surface area contributed by atoms with E-state index >= 15 is 0 Å². The third kappa shape index (κ3) is 2.52. The minimum absolute atomic E-state index is 0.219. The standard InChI is InChI=1S/C13H18N4O2/c1-4-14-10-9(6-5-7-15-10)8-17-11(18)13(2,3)16-12(17)19/h5-7H,4,8H2,1-3H3,(H,14,15)(H,16,19). The van der Waals surface area contributed by atoms with Crippen LogP contribution in [0.5, 0.6) is 0 Å². The number of rotatable bonds is 4. The molecule has 6 nitrogen and oxygen atoms in total. The Hall–Kier alpha value is -2.11. The van der Waals surface area contributed by atoms with E-state index in [-0.39, 0.29) is 18.5 Å². The van der Waals surface area contributed by atoms with Gasteiger partial charge < -0.3 is 10.6 Å². The van der Waals surface area contributed by atoms with Crippen molar-refractivity contribution in [1.29, 1.82) is 0 Å². The summed E-state index contributed by atoms with van der Waals surface area (Å²) in [5, 5.41) is 5.78. The van der Waals surface area contributed by atoms with Crippen molar-refractivity contribution in [2.24, 2.45) is 0 Å². The lowest BCUT2D eigenvalue weighted by atomic mass is 10.1. The monoisotopic (exact) mass is 262 g/mol. The molecule has 1 aromatic heterocycles. The lowest BCUT2D eigenvalue weighted by molar-refractivity contribution is -0.130. The molecule has 1 aliphatic heterocycles. The Balaban J connectivity index is 2.22. The summed E-state index contributed by atoms with van der Waals surface area (Å²) < 4.78 is 0. The van der Waals surface area contributed by atoms with Crippen molar-refractivity contribution in [3.05, 3.63) is 23.9 Å². The smallest absolute Gasteiger partial charge is 0.325 e. The molecule has 0 unspecified atom stereocenters. The van der Waals surface area contributed by atoms with Gasteiger partial charge >= 0.3 is 6.03 Å². The van der Waals surface area contributed by atoms with Crippen LogP contribution in [0.4, 0.5) is 10.6 Å². The molecule has 1 fully saturated rings. The molecule has 6 heteroatoms. The van der Waals surface area contributed by atoms with Gasteiger partial charge in [0.15, 0.2) is 0 Å². The lowest BCUT2D eigenvalue weighted by Crippen LogP contribution is -2.40. The van der Waals surface area contributed by atoms with Crippen LogP contribution < -0.4 is 10.6 Å². The van der Waals surface area contributed by atoms with Gasteiger partial charge in [-0.15, -0.1) is 0 Å². The summed E-state index contributed by atoms with van der Waals surface area (Å²) in [7, 11) is 0. The van der Waals surface area contributed by atoms with Gasteiger partial charge in [0, 0.05) is 18.3 Å². The van der Waals surface area contributed by atoms with E-state index in [9.17, 15) is 9.59 Å². The summed E-state index contributed by atoms with van der Waals surface area (Å²) in [5.41, 5.74) is -0.0111. The van der Waals surface area contributed by atoms with E-state index in [4.69, 9.17) is 0 Å². The minimum atomic E-state index is -0.836. The van der Waals surface area contributed by atoms with Crippen molar-refractivity contribution in [3.63, 3.8) is 0 Å². The third-order valence-corrected chi connectivity index (χ3v) is 3.01. The van der Waals surface area contributed by atoms with Gasteiger partial charge in [-0.25, -0.2) is 9.78 Å². The number of carbonyl (C=O) groups excluding carboxylic acids is 2. The van der Waals surface area contributed by atoms with Gasteiger partial charge in [-0.05, 0) is 26.8 Å². The molecule has 1 aliphatic rings. The van der Waals surface area contributed by atoms with Gasteiger partial charge in [-0.1, -0.05) is 6.07 Å². The van der Waals surface area contributed by atoms with Crippen LogP contribution in [0.3, 0.4) is 0 Å². The molecule has 0 radical (unpaired) electrons. The summed E-state index contributed by atoms with van der Waals surface area (Å²) >= 11 is 0. The summed E-state index contributed by atoms with van der Waals surface area (Å²) in [4.78, 5) is 29.4. The number of nitrogens with one attached hydrogen (secondary N) is 2. The molecule has 2 N–H and O–H groups in total. The Kier molecular flexibility index (Phi) is 3.42. The minimum Gasteiger partial charge on any atom is -0.370 e. The number of urea groups is 1. The maximum Gasteiger partial charge on any atom is 0.325 e. The largest absolute Gasteiger partial charge is 0.370 e. The first-order valence-corrected chi connectivity index (χ1v) is 6.27. The highest BCUT2D eigenvalue weighted by atomic mass is 16.2. The molecule has 1 saturated heterocycles. The van der Waals surface area contributed by atoms with Crippen LogP contribution in [0.25, 0.3) is 0 Å². The molecule has 2 heterocycles. The Morgan fingerprint density at radius 3 is 2.74 bits per heavy atom. The van der Waals surface area contributed by atoms with Crippen molar-refractivity contribution < 1.29 is 9.59 Å². The topological polar surface area (TPSA) is 74.3 Å². The third-order valence-electron chi connectivity index (χ3n) is 3.01. The predicted molar refractivity (Wildman–Crippen MR) is 71.6 cm³/mol. The SMILES string of the molecule is CCNc1ncccc1CN1C(=O)NC(C)(C)C1=O. The van der Waals surface area contributed by atoms with Crippen molar-refractivity contribution in [2.75, 3.05) is 11.9 Å². The zero-order valence-corrected chi connectivity index (χ0v) is 11.4. The first-order valence-electron chi connectivity index (χ1n) is 6.27. The molecular weight excluding hydrogens is 244 g/mol. The number of aromatic nitrogens is 1. The molecule has 0 spiro atoms. The van der Waals surface area contributed by atoms with Crippen LogP contribution in [-0.2, 0) is 11.3 Å². The van der Waals surface area contributed by atoms with Crippen LogP contribution in [0.1, 0.15) is 26.3 Å². The first-order chi connectivity index (χ1) is 8.95. The normalized spacial score (nSPS) is 17.5. The van der Waals surface area contributed by atoms with Crippen molar-refractivity contribution in [2.45, 2.75) is 32.9 Å². The van der Waals surface area contributed by atoms with E-state index < -0.39 is 5.54 Å². The molecule has 0 atom stereocenters. The predicted octanol–water partition coefficient (Wildman–Crippen LogP) is 1.34. The van der Waals surface area contributed by atoms with E-state index in [1.807, 2.05) is 13.0 Å². The second kappa shape index (κ2) is 4.87. The van der Waals surface area contributed by atoms with Crippen molar-refractivity contribution in [3.8, 4) is 0 Å². The van der Waals surface area contributed by atoms with Crippen molar-refractivity contribution >= 4 is 17.8 Å². The van der Waals surface area contributed by atoms with Crippen LogP contribution in [0, 0.1) is 0 Å². The van der Waals surface area contributed by atoms with Gasteiger partial charge in [0.1, 0.15) is 11.4 Å². The summed E-state index contributed by atoms with van der Waals surface area (Å²) in [6.07, 6.45) is 1.68. The number of pyridine rings is 1. The zero-order chi connectivity index (χ0) is 14.0. The van der Waals surface area contributed by atoms with E-state index in [2.05, 4.69) is 15.6 Å². The number of amides is 3. The average molecular weight is 262 g/mol. The Morgan fingerprint density at radius 2 is 2.16 bits per heavy atom. The molecule has 0 aliphatic carbocycles. The number of imide groups is 1. The van der Waals surface area contributed by atoms with Gasteiger partial charge in [-0.3, -0.25) is 9.69 Å². The number of anilines is 1. The van der Waals surface area contributed by atoms with E-state index in [0.717, 1.165) is 12.1 Å². The fourth-order valence-corrected chi connectivity index (χ4v) is 2.02. The summed E-state index contributed by atoms with van der Waals surface area (Å²) in [5.74, 6) is 0.485. The second-order valence-electron chi connectivity index (χ2n) is 4.99. The molecule has 0 aromatic carbocycles. The maximum absolute atomic E-state index is 12.1. The molecule has 3 amide bonds. The molecule has 2 rings (SSSR count). The number of nitrogens with zero attached hydrogens (tertiary/aromatic N) is 2. The van der Waals surface area contributed by atoms with Gasteiger partial charge in [0.05, 0.1) is 6.54 Å². The zero-order valence-electron chi connectivity index (χ0n) is 11.4. The summed E-state index contributed by atoms with van der Waals surface area (Å²) in [6.45, 7) is 6.32. The Labute approximate surface area is 112 Å². The van der Waals surface area contributed by atoms with Crippen LogP contribution >= 0.6 is 0 Å². The first kappa shape index (κ1) is 13.3. The molecule has 0 saturated carbocycles. The average Bonchev–Trinajstić information content (AvgIpc) is 2.54. The molecular formula is C13H18N4O2. The van der Waals surface area contributed by atoms with E-state index in [1.54, 1.807) is 26.1 Å². The van der Waals surface area contributed by atoms with Gasteiger partial charge in [-0.2, -0.15) is 0 Å². The fraction of sp³-hybridized carbons (Fsp3) is 0.462.